The van der Waals surface area contributed by atoms with Crippen molar-refractivity contribution >= 4 is 74.0 Å². The lowest BCUT2D eigenvalue weighted by atomic mass is 10.1. The summed E-state index contributed by atoms with van der Waals surface area (Å²) in [6.07, 6.45) is -1.68. The number of thiophene rings is 2. The van der Waals surface area contributed by atoms with E-state index in [0.717, 1.165) is 11.8 Å². The fraction of sp³-hybridized carbons (Fsp3) is 0.480. The first-order valence-electron chi connectivity index (χ1n) is 11.6. The van der Waals surface area contributed by atoms with Gasteiger partial charge in [-0.05, 0) is 59.9 Å². The molecule has 1 N–H and O–H groups in total. The topological polar surface area (TPSA) is 80.8 Å². The molecule has 3 aromatic rings. The Morgan fingerprint density at radius 3 is 2.32 bits per heavy atom. The Balaban J connectivity index is 2.09. The van der Waals surface area contributed by atoms with Crippen molar-refractivity contribution in [2.45, 2.75) is 78.2 Å². The number of alkyl carbamates (subject to hydrolysis) is 1. The highest BCUT2D eigenvalue weighted by Crippen LogP contribution is 2.48. The van der Waals surface area contributed by atoms with Gasteiger partial charge in [0, 0.05) is 10.9 Å². The predicted molar refractivity (Wildman–Crippen MR) is 149 cm³/mol. The molecule has 0 fully saturated rings. The third-order valence-corrected chi connectivity index (χ3v) is 7.73. The van der Waals surface area contributed by atoms with Crippen LogP contribution in [0.5, 0.6) is 0 Å². The fourth-order valence-electron chi connectivity index (χ4n) is 3.30. The zero-order valence-corrected chi connectivity index (χ0v) is 25.1. The van der Waals surface area contributed by atoms with Crippen molar-refractivity contribution in [3.8, 4) is 0 Å². The number of nitrogens with one attached hydrogen (secondary N) is 1. The number of pyridine rings is 1. The van der Waals surface area contributed by atoms with Gasteiger partial charge in [0.2, 0.25) is 0 Å². The number of hydrogen-bond acceptors (Lipinski definition) is 7. The molecule has 0 bridgehead atoms. The molecule has 7 nitrogen and oxygen atoms in total. The second-order valence-corrected chi connectivity index (χ2v) is 13.3. The van der Waals surface area contributed by atoms with Crippen molar-refractivity contribution in [2.24, 2.45) is 0 Å². The quantitative estimate of drug-likeness (QED) is 0.284. The molecule has 0 saturated carbocycles. The first-order valence-corrected chi connectivity index (χ1v) is 14.0. The van der Waals surface area contributed by atoms with Gasteiger partial charge in [-0.3, -0.25) is 4.90 Å². The zero-order valence-electron chi connectivity index (χ0n) is 21.9. The third-order valence-electron chi connectivity index (χ3n) is 4.91. The van der Waals surface area contributed by atoms with Gasteiger partial charge in [-0.1, -0.05) is 29.3 Å². The van der Waals surface area contributed by atoms with Crippen LogP contribution in [0.1, 0.15) is 58.2 Å². The maximum absolute atomic E-state index is 15.7. The highest BCUT2D eigenvalue weighted by atomic mass is 35.5. The number of carbonyl (C=O) groups excluding carboxylic acids is 2. The van der Waals surface area contributed by atoms with Crippen molar-refractivity contribution in [1.29, 1.82) is 0 Å². The zero-order chi connectivity index (χ0) is 28.6. The lowest BCUT2D eigenvalue weighted by Crippen LogP contribution is -2.45. The van der Waals surface area contributed by atoms with Gasteiger partial charge in [-0.25, -0.2) is 14.6 Å². The van der Waals surface area contributed by atoms with Gasteiger partial charge in [0.25, 0.3) is 0 Å². The SMILES string of the molecule is C[C@H](NC(=O)OC(C)(C)C)C(F)(F)c1sc2c(N(Cc3cccs3)C(=O)OC(C)(C)C)cc(Cl)nc2c1Cl. The average Bonchev–Trinajstić information content (AvgIpc) is 3.37. The second-order valence-electron chi connectivity index (χ2n) is 10.5. The largest absolute Gasteiger partial charge is 0.444 e. The molecule has 0 aliphatic rings. The summed E-state index contributed by atoms with van der Waals surface area (Å²) in [6.45, 7) is 11.3. The molecule has 3 aromatic heterocycles. The standard InChI is InChI=1S/C25H29Cl2F2N3O4S2/c1-13(30-21(33)35-23(2,3)4)25(28,29)20-17(27)18-19(38-20)15(11-16(26)31-18)32(12-14-9-8-10-37-14)22(34)36-24(5,6)7/h8-11,13H,12H2,1-7H3,(H,30,33)/t13-/m0/s1. The van der Waals surface area contributed by atoms with Gasteiger partial charge in [0.15, 0.2) is 0 Å². The summed E-state index contributed by atoms with van der Waals surface area (Å²) in [7, 11) is 0. The monoisotopic (exact) mass is 607 g/mol. The number of carbonyl (C=O) groups is 2. The van der Waals surface area contributed by atoms with E-state index in [9.17, 15) is 9.59 Å². The van der Waals surface area contributed by atoms with Crippen LogP contribution < -0.4 is 10.2 Å². The van der Waals surface area contributed by atoms with Crippen molar-refractivity contribution in [2.75, 3.05) is 4.90 Å². The minimum absolute atomic E-state index is 0.0121. The fourth-order valence-corrected chi connectivity index (χ4v) is 5.84. The average molecular weight is 609 g/mol. The van der Waals surface area contributed by atoms with Crippen LogP contribution in [0, 0.1) is 0 Å². The Morgan fingerprint density at radius 2 is 1.76 bits per heavy atom. The van der Waals surface area contributed by atoms with Crippen LogP contribution in [0.4, 0.5) is 24.1 Å². The molecule has 3 rings (SSSR count). The Kier molecular flexibility index (Phi) is 8.87. The number of halogens is 4. The lowest BCUT2D eigenvalue weighted by Gasteiger charge is -2.27. The Hall–Kier alpha value is -2.21. The number of hydrogen-bond donors (Lipinski definition) is 1. The highest BCUT2D eigenvalue weighted by molar-refractivity contribution is 7.20. The molecule has 38 heavy (non-hydrogen) atoms. The van der Waals surface area contributed by atoms with Crippen molar-refractivity contribution < 1.29 is 27.8 Å². The smallest absolute Gasteiger partial charge is 0.415 e. The van der Waals surface area contributed by atoms with Crippen molar-refractivity contribution in [3.05, 3.63) is 43.5 Å². The molecule has 0 aromatic carbocycles. The van der Waals surface area contributed by atoms with E-state index in [1.54, 1.807) is 41.5 Å². The number of anilines is 1. The van der Waals surface area contributed by atoms with Crippen LogP contribution >= 0.6 is 45.9 Å². The summed E-state index contributed by atoms with van der Waals surface area (Å²) in [5.74, 6) is -3.60. The van der Waals surface area contributed by atoms with Gasteiger partial charge in [0.05, 0.1) is 32.9 Å². The van der Waals surface area contributed by atoms with E-state index in [1.165, 1.54) is 22.3 Å². The molecule has 0 radical (unpaired) electrons. The summed E-state index contributed by atoms with van der Waals surface area (Å²) in [4.78, 5) is 31.2. The molecule has 208 valence electrons. The summed E-state index contributed by atoms with van der Waals surface area (Å²) in [5, 5.41) is 3.67. The minimum atomic E-state index is -3.60. The number of nitrogens with zero attached hydrogens (tertiary/aromatic N) is 2. The molecule has 2 amide bonds. The number of aromatic nitrogens is 1. The number of rotatable bonds is 6. The predicted octanol–water partition coefficient (Wildman–Crippen LogP) is 8.61. The molecule has 1 atom stereocenters. The molecular weight excluding hydrogens is 579 g/mol. The number of ether oxygens (including phenoxy) is 2. The van der Waals surface area contributed by atoms with Gasteiger partial charge in [-0.2, -0.15) is 8.78 Å². The van der Waals surface area contributed by atoms with Gasteiger partial charge in [-0.15, -0.1) is 22.7 Å². The number of alkyl halides is 2. The van der Waals surface area contributed by atoms with E-state index >= 15 is 8.78 Å². The van der Waals surface area contributed by atoms with Crippen LogP contribution in [0.25, 0.3) is 10.2 Å². The summed E-state index contributed by atoms with van der Waals surface area (Å²) in [5.41, 5.74) is -1.44. The molecular formula is C25H29Cl2F2N3O4S2. The van der Waals surface area contributed by atoms with E-state index in [1.807, 2.05) is 17.5 Å². The van der Waals surface area contributed by atoms with E-state index in [2.05, 4.69) is 10.3 Å². The maximum atomic E-state index is 15.7. The van der Waals surface area contributed by atoms with Crippen LogP contribution in [-0.4, -0.2) is 34.4 Å². The summed E-state index contributed by atoms with van der Waals surface area (Å²) < 4.78 is 42.2. The first kappa shape index (κ1) is 30.3. The number of fused-ring (bicyclic) bond motifs is 1. The molecule has 0 spiro atoms. The van der Waals surface area contributed by atoms with Gasteiger partial charge >= 0.3 is 18.1 Å². The molecule has 0 aliphatic carbocycles. The first-order chi connectivity index (χ1) is 17.4. The Labute approximate surface area is 238 Å². The van der Waals surface area contributed by atoms with E-state index in [4.69, 9.17) is 32.7 Å². The Morgan fingerprint density at radius 1 is 1.13 bits per heavy atom. The lowest BCUT2D eigenvalue weighted by molar-refractivity contribution is -0.0377. The van der Waals surface area contributed by atoms with E-state index in [-0.39, 0.29) is 32.6 Å². The molecule has 13 heteroatoms. The van der Waals surface area contributed by atoms with Crippen molar-refractivity contribution in [1.82, 2.24) is 10.3 Å². The van der Waals surface area contributed by atoms with Crippen LogP contribution in [-0.2, 0) is 21.9 Å². The Bertz CT molecular complexity index is 1320. The minimum Gasteiger partial charge on any atom is -0.444 e. The molecule has 3 heterocycles. The normalized spacial score (nSPS) is 13.3. The molecule has 0 aliphatic heterocycles. The molecule has 0 saturated heterocycles. The number of amides is 2. The van der Waals surface area contributed by atoms with Crippen LogP contribution in [0.3, 0.4) is 0 Å². The van der Waals surface area contributed by atoms with Gasteiger partial charge in [0.1, 0.15) is 21.9 Å². The highest BCUT2D eigenvalue weighted by Gasteiger charge is 2.44. The maximum Gasteiger partial charge on any atom is 0.415 e. The third kappa shape index (κ3) is 7.25. The van der Waals surface area contributed by atoms with Gasteiger partial charge < -0.3 is 14.8 Å². The van der Waals surface area contributed by atoms with Crippen molar-refractivity contribution in [3.63, 3.8) is 0 Å². The molecule has 0 unspecified atom stereocenters. The van der Waals surface area contributed by atoms with Crippen LogP contribution in [0.2, 0.25) is 10.2 Å². The van der Waals surface area contributed by atoms with Crippen LogP contribution in [0.15, 0.2) is 23.6 Å². The van der Waals surface area contributed by atoms with E-state index < -0.39 is 40.2 Å². The second kappa shape index (κ2) is 11.1. The summed E-state index contributed by atoms with van der Waals surface area (Å²) >= 11 is 14.8. The van der Waals surface area contributed by atoms with E-state index in [0.29, 0.717) is 11.3 Å². The summed E-state index contributed by atoms with van der Waals surface area (Å²) in [6, 6.07) is 3.42.